The zero-order valence-corrected chi connectivity index (χ0v) is 12.4. The summed E-state index contributed by atoms with van der Waals surface area (Å²) in [4.78, 5) is 0. The van der Waals surface area contributed by atoms with Gasteiger partial charge in [-0.25, -0.2) is 0 Å². The van der Waals surface area contributed by atoms with Gasteiger partial charge in [-0.3, -0.25) is 0 Å². The molecule has 0 saturated carbocycles. The van der Waals surface area contributed by atoms with Crippen molar-refractivity contribution in [3.8, 4) is 0 Å². The van der Waals surface area contributed by atoms with Crippen LogP contribution in [-0.2, 0) is 0 Å². The summed E-state index contributed by atoms with van der Waals surface area (Å²) in [5.74, 6) is 0. The number of hydrogen-bond donors (Lipinski definition) is 0. The second-order valence-corrected chi connectivity index (χ2v) is 2.95. The molecule has 0 atom stereocenters. The van der Waals surface area contributed by atoms with E-state index in [1.807, 2.05) is 0 Å². The largest absolute Gasteiger partial charge is 3.00 e. The van der Waals surface area contributed by atoms with E-state index >= 15 is 0 Å². The fourth-order valence-corrected chi connectivity index (χ4v) is 0. The molecule has 0 radical (unpaired) electrons. The van der Waals surface area contributed by atoms with Crippen LogP contribution in [0.4, 0.5) is 0 Å². The van der Waals surface area contributed by atoms with Crippen molar-refractivity contribution in [1.29, 1.82) is 0 Å². The average Bonchev–Trinajstić information content (AvgIpc) is 1.54. The van der Waals surface area contributed by atoms with E-state index in [1.54, 1.807) is 0 Å². The molecule has 13 heteroatoms. The Labute approximate surface area is 129 Å². The Balaban J connectivity index is -0.0000000450. The van der Waals surface area contributed by atoms with Crippen LogP contribution in [0.1, 0.15) is 0 Å². The third-order valence-electron chi connectivity index (χ3n) is 0. The fraction of sp³-hybridized carbons (Fsp3) is 0. The molecule has 0 aromatic heterocycles. The molecule has 0 aromatic carbocycles. The van der Waals surface area contributed by atoms with E-state index in [4.69, 9.17) is 37.8 Å². The van der Waals surface area contributed by atoms with E-state index in [9.17, 15) is 0 Å². The van der Waals surface area contributed by atoms with Gasteiger partial charge < -0.3 is 37.8 Å². The Kier molecular flexibility index (Phi) is 38.3. The minimum absolute atomic E-state index is 0. The zero-order chi connectivity index (χ0) is 10.7. The molecular formula is Br3EuO9. The van der Waals surface area contributed by atoms with Crippen LogP contribution in [-0.4, -0.2) is 0 Å². The van der Waals surface area contributed by atoms with Crippen LogP contribution in [0, 0.1) is 93.8 Å². The number of hydrogen-bond acceptors (Lipinski definition) is 9. The first-order valence-electron chi connectivity index (χ1n) is 1.39. The zero-order valence-electron chi connectivity index (χ0n) is 5.19. The van der Waals surface area contributed by atoms with E-state index in [0.29, 0.717) is 0 Å². The van der Waals surface area contributed by atoms with Gasteiger partial charge in [0.05, 0.1) is 0 Å². The summed E-state index contributed by atoms with van der Waals surface area (Å²) in [6, 6.07) is 0. The Morgan fingerprint density at radius 3 is 0.385 bits per heavy atom. The summed E-state index contributed by atoms with van der Waals surface area (Å²) in [7, 11) is 0. The number of halogens is 3. The van der Waals surface area contributed by atoms with E-state index in [2.05, 4.69) is 0 Å². The molecule has 0 aliphatic rings. The maximum atomic E-state index is 8.52. The van der Waals surface area contributed by atoms with Crippen LogP contribution in [0.2, 0.25) is 0 Å². The van der Waals surface area contributed by atoms with E-state index in [1.165, 1.54) is 0 Å². The number of rotatable bonds is 0. The molecular weight excluding hydrogens is 536 g/mol. The van der Waals surface area contributed by atoms with Gasteiger partial charge >= 0.3 is 49.4 Å². The maximum absolute atomic E-state index is 8.52. The third-order valence-corrected chi connectivity index (χ3v) is 0. The minimum Gasteiger partial charge on any atom is -0.405 e. The second-order valence-electron chi connectivity index (χ2n) is 0.567. The fourth-order valence-electron chi connectivity index (χ4n) is 0. The van der Waals surface area contributed by atoms with E-state index in [-0.39, 0.29) is 49.4 Å². The van der Waals surface area contributed by atoms with Crippen LogP contribution in [0.5, 0.6) is 0 Å². The first kappa shape index (κ1) is 24.8. The van der Waals surface area contributed by atoms with Crippen LogP contribution in [0.15, 0.2) is 0 Å². The molecule has 0 fully saturated rings. The Morgan fingerprint density at radius 1 is 0.385 bits per heavy atom. The minimum atomic E-state index is -3.65. The van der Waals surface area contributed by atoms with Gasteiger partial charge in [-0.15, -0.1) is 0 Å². The van der Waals surface area contributed by atoms with Crippen LogP contribution >= 0.6 is 0 Å². The van der Waals surface area contributed by atoms with Crippen molar-refractivity contribution in [3.63, 3.8) is 0 Å². The second kappa shape index (κ2) is 20.1. The van der Waals surface area contributed by atoms with Gasteiger partial charge in [0.15, 0.2) is 0 Å². The van der Waals surface area contributed by atoms with Crippen molar-refractivity contribution in [2.24, 2.45) is 0 Å². The van der Waals surface area contributed by atoms with Gasteiger partial charge in [-0.1, -0.05) is 0 Å². The van der Waals surface area contributed by atoms with Gasteiger partial charge in [0.1, 0.15) is 0 Å². The standard InChI is InChI=1S/3BrO3.Eu/c3*2-1(3)4;/q3*-1;+3. The molecule has 0 bridgehead atoms. The molecule has 0 heterocycles. The summed E-state index contributed by atoms with van der Waals surface area (Å²) >= 11 is -10.9. The Bertz CT molecular complexity index is 43.4. The molecule has 0 spiro atoms. The summed E-state index contributed by atoms with van der Waals surface area (Å²) in [6.45, 7) is 0. The van der Waals surface area contributed by atoms with Gasteiger partial charge in [-0.2, -0.15) is 0 Å². The Hall–Kier alpha value is 2.66. The first-order valence-corrected chi connectivity index (χ1v) is 7.22. The van der Waals surface area contributed by atoms with E-state index < -0.39 is 44.4 Å². The van der Waals surface area contributed by atoms with E-state index in [0.717, 1.165) is 0 Å². The topological polar surface area (TPSA) is 208 Å². The average molecular weight is 536 g/mol. The van der Waals surface area contributed by atoms with Gasteiger partial charge in [-0.05, 0) is 0 Å². The van der Waals surface area contributed by atoms with Crippen molar-refractivity contribution < 1.29 is 132 Å². The van der Waals surface area contributed by atoms with Crippen molar-refractivity contribution in [3.05, 3.63) is 0 Å². The predicted molar refractivity (Wildman–Crippen MR) is 0 cm³/mol. The summed E-state index contributed by atoms with van der Waals surface area (Å²) < 4.78 is 76.7. The predicted octanol–water partition coefficient (Wildman–Crippen LogP) is -10.7. The van der Waals surface area contributed by atoms with Crippen molar-refractivity contribution in [2.45, 2.75) is 0 Å². The van der Waals surface area contributed by atoms with Crippen LogP contribution in [0.3, 0.4) is 0 Å². The molecule has 0 amide bonds. The molecule has 9 nitrogen and oxygen atoms in total. The Morgan fingerprint density at radius 2 is 0.385 bits per heavy atom. The molecule has 0 aliphatic heterocycles. The molecule has 0 aliphatic carbocycles. The van der Waals surface area contributed by atoms with Crippen LogP contribution in [0.25, 0.3) is 0 Å². The summed E-state index contributed by atoms with van der Waals surface area (Å²) in [5.41, 5.74) is 0. The summed E-state index contributed by atoms with van der Waals surface area (Å²) in [5, 5.41) is 0. The molecule has 0 saturated heterocycles. The third kappa shape index (κ3) is 331. The summed E-state index contributed by atoms with van der Waals surface area (Å²) in [6.07, 6.45) is 0. The molecule has 0 N–H and O–H groups in total. The molecule has 0 unspecified atom stereocenters. The first-order chi connectivity index (χ1) is 5.20. The monoisotopic (exact) mass is 534 g/mol. The quantitative estimate of drug-likeness (QED) is 0.288. The maximum Gasteiger partial charge on any atom is 3.00 e. The smallest absolute Gasteiger partial charge is 0.405 e. The SMILES string of the molecule is [Eu+3].[O-][Br+2]([O-])[O-].[O-][Br+2]([O-])[O-].[O-][Br+2]([O-])[O-]. The molecule has 13 heavy (non-hydrogen) atoms. The van der Waals surface area contributed by atoms with Gasteiger partial charge in [0.2, 0.25) is 44.4 Å². The van der Waals surface area contributed by atoms with Gasteiger partial charge in [0, 0.05) is 0 Å². The van der Waals surface area contributed by atoms with Gasteiger partial charge in [0.25, 0.3) is 0 Å². The normalized spacial score (nSPS) is 8.31. The molecule has 0 rings (SSSR count). The van der Waals surface area contributed by atoms with Crippen molar-refractivity contribution in [1.82, 2.24) is 0 Å². The van der Waals surface area contributed by atoms with Crippen molar-refractivity contribution >= 4 is 0 Å². The molecule has 82 valence electrons. The molecule has 0 aromatic rings. The van der Waals surface area contributed by atoms with Crippen LogP contribution < -0.4 is 37.8 Å². The van der Waals surface area contributed by atoms with Crippen molar-refractivity contribution in [2.75, 3.05) is 0 Å².